The predicted molar refractivity (Wildman–Crippen MR) is 71.0 cm³/mol. The third-order valence-electron chi connectivity index (χ3n) is 3.69. The fourth-order valence-electron chi connectivity index (χ4n) is 2.49. The van der Waals surface area contributed by atoms with Gasteiger partial charge >= 0.3 is 0 Å². The van der Waals surface area contributed by atoms with Crippen molar-refractivity contribution in [2.24, 2.45) is 0 Å². The second kappa shape index (κ2) is 4.33. The zero-order valence-corrected chi connectivity index (χ0v) is 10.2. The molecule has 0 amide bonds. The van der Waals surface area contributed by atoms with Gasteiger partial charge < -0.3 is 0 Å². The van der Waals surface area contributed by atoms with Crippen LogP contribution < -0.4 is 0 Å². The Balaban J connectivity index is 2.10. The van der Waals surface area contributed by atoms with Crippen LogP contribution in [0.4, 0.5) is 0 Å². The Morgan fingerprint density at radius 3 is 2.65 bits per heavy atom. The normalized spacial score (nSPS) is 15.6. The third-order valence-corrected chi connectivity index (χ3v) is 3.69. The summed E-state index contributed by atoms with van der Waals surface area (Å²) < 4.78 is 0. The molecule has 1 fully saturated rings. The van der Waals surface area contributed by atoms with Gasteiger partial charge in [0.15, 0.2) is 0 Å². The highest BCUT2D eigenvalue weighted by Crippen LogP contribution is 2.40. The molecule has 0 N–H and O–H groups in total. The van der Waals surface area contributed by atoms with Crippen molar-refractivity contribution < 1.29 is 0 Å². The number of hydrogen-bond acceptors (Lipinski definition) is 1. The van der Waals surface area contributed by atoms with Crippen LogP contribution in [0.3, 0.4) is 0 Å². The molecule has 0 saturated heterocycles. The molecular weight excluding hydrogens is 206 g/mol. The molecule has 1 heteroatoms. The minimum Gasteiger partial charge on any atom is -0.256 e. The lowest BCUT2D eigenvalue weighted by molar-refractivity contribution is 0.420. The molecule has 1 heterocycles. The molecule has 1 nitrogen and oxygen atoms in total. The average molecular weight is 223 g/mol. The Bertz CT molecular complexity index is 512. The van der Waals surface area contributed by atoms with E-state index in [-0.39, 0.29) is 0 Å². The lowest BCUT2D eigenvalue weighted by Crippen LogP contribution is -2.10. The second-order valence-corrected chi connectivity index (χ2v) is 4.93. The van der Waals surface area contributed by atoms with E-state index in [9.17, 15) is 0 Å². The third kappa shape index (κ3) is 1.97. The van der Waals surface area contributed by atoms with Gasteiger partial charge in [0.2, 0.25) is 0 Å². The zero-order valence-electron chi connectivity index (χ0n) is 10.2. The monoisotopic (exact) mass is 223 g/mol. The van der Waals surface area contributed by atoms with Crippen molar-refractivity contribution in [2.45, 2.75) is 32.1 Å². The van der Waals surface area contributed by atoms with Gasteiger partial charge in [0.25, 0.3) is 0 Å². The van der Waals surface area contributed by atoms with Crippen molar-refractivity contribution in [3.63, 3.8) is 0 Å². The molecule has 86 valence electrons. The Kier molecular flexibility index (Phi) is 2.68. The summed E-state index contributed by atoms with van der Waals surface area (Å²) in [5.74, 6) is 0.757. The molecule has 2 aromatic rings. The van der Waals surface area contributed by atoms with E-state index in [4.69, 9.17) is 0 Å². The first-order valence-electron chi connectivity index (χ1n) is 6.36. The summed E-state index contributed by atoms with van der Waals surface area (Å²) in [7, 11) is 0. The lowest BCUT2D eigenvalue weighted by atomic mass is 9.77. The van der Waals surface area contributed by atoms with E-state index >= 15 is 0 Å². The van der Waals surface area contributed by atoms with Crippen LogP contribution in [0.1, 0.15) is 36.3 Å². The van der Waals surface area contributed by atoms with Crippen molar-refractivity contribution in [3.05, 3.63) is 53.7 Å². The number of aromatic nitrogens is 1. The maximum Gasteiger partial charge on any atom is 0.0704 e. The fraction of sp³-hybridized carbons (Fsp3) is 0.312. The molecule has 1 aliphatic carbocycles. The van der Waals surface area contributed by atoms with E-state index < -0.39 is 0 Å². The average Bonchev–Trinajstić information content (AvgIpc) is 2.30. The van der Waals surface area contributed by atoms with Crippen LogP contribution in [-0.4, -0.2) is 4.98 Å². The molecule has 0 unspecified atom stereocenters. The number of rotatable bonds is 2. The molecule has 0 atom stereocenters. The van der Waals surface area contributed by atoms with E-state index in [1.807, 2.05) is 12.3 Å². The summed E-state index contributed by atoms with van der Waals surface area (Å²) in [6.45, 7) is 2.15. The number of hydrogen-bond donors (Lipinski definition) is 0. The van der Waals surface area contributed by atoms with Gasteiger partial charge in [0.1, 0.15) is 0 Å². The summed E-state index contributed by atoms with van der Waals surface area (Å²) in [6, 6.07) is 12.9. The van der Waals surface area contributed by atoms with Gasteiger partial charge in [-0.3, -0.25) is 4.98 Å². The quantitative estimate of drug-likeness (QED) is 0.738. The van der Waals surface area contributed by atoms with Crippen molar-refractivity contribution >= 4 is 0 Å². The lowest BCUT2D eigenvalue weighted by Gasteiger charge is -2.28. The summed E-state index contributed by atoms with van der Waals surface area (Å²) in [4.78, 5) is 4.49. The molecule has 1 saturated carbocycles. The topological polar surface area (TPSA) is 12.9 Å². The van der Waals surface area contributed by atoms with Gasteiger partial charge in [0.05, 0.1) is 5.69 Å². The van der Waals surface area contributed by atoms with Crippen LogP contribution in [0.5, 0.6) is 0 Å². The molecule has 0 aliphatic heterocycles. The summed E-state index contributed by atoms with van der Waals surface area (Å²) in [6.07, 6.45) is 5.92. The van der Waals surface area contributed by atoms with Gasteiger partial charge in [0, 0.05) is 11.8 Å². The van der Waals surface area contributed by atoms with Crippen LogP contribution in [0.2, 0.25) is 0 Å². The van der Waals surface area contributed by atoms with Gasteiger partial charge in [-0.2, -0.15) is 0 Å². The zero-order chi connectivity index (χ0) is 11.7. The Labute approximate surface area is 103 Å². The summed E-state index contributed by atoms with van der Waals surface area (Å²) in [5, 5.41) is 0. The van der Waals surface area contributed by atoms with Crippen LogP contribution in [0, 0.1) is 6.92 Å². The molecule has 0 radical (unpaired) electrons. The molecule has 1 aromatic carbocycles. The highest BCUT2D eigenvalue weighted by atomic mass is 14.7. The number of benzene rings is 1. The molecule has 1 aliphatic rings. The van der Waals surface area contributed by atoms with Gasteiger partial charge in [-0.25, -0.2) is 0 Å². The molecule has 3 rings (SSSR count). The minimum atomic E-state index is 0.757. The fourth-order valence-corrected chi connectivity index (χ4v) is 2.49. The van der Waals surface area contributed by atoms with Gasteiger partial charge in [-0.15, -0.1) is 0 Å². The van der Waals surface area contributed by atoms with E-state index in [1.165, 1.54) is 36.0 Å². The highest BCUT2D eigenvalue weighted by molar-refractivity contribution is 5.65. The van der Waals surface area contributed by atoms with Crippen molar-refractivity contribution in [2.75, 3.05) is 0 Å². The van der Waals surface area contributed by atoms with Gasteiger partial charge in [-0.05, 0) is 49.4 Å². The Hall–Kier alpha value is -1.63. The van der Waals surface area contributed by atoms with E-state index in [0.717, 1.165) is 11.6 Å². The predicted octanol–water partition coefficient (Wildman–Crippen LogP) is 4.32. The highest BCUT2D eigenvalue weighted by Gasteiger charge is 2.22. The number of nitrogens with zero attached hydrogens (tertiary/aromatic N) is 1. The smallest absolute Gasteiger partial charge is 0.0704 e. The molecule has 0 bridgehead atoms. The maximum atomic E-state index is 4.49. The van der Waals surface area contributed by atoms with E-state index in [2.05, 4.69) is 42.2 Å². The SMILES string of the molecule is Cc1ccc(C2CCC2)c(-c2ccccn2)c1. The second-order valence-electron chi connectivity index (χ2n) is 4.93. The maximum absolute atomic E-state index is 4.49. The van der Waals surface area contributed by atoms with Gasteiger partial charge in [-0.1, -0.05) is 30.2 Å². The van der Waals surface area contributed by atoms with Crippen LogP contribution in [-0.2, 0) is 0 Å². The first-order valence-corrected chi connectivity index (χ1v) is 6.36. The van der Waals surface area contributed by atoms with Crippen LogP contribution >= 0.6 is 0 Å². The molecular formula is C16H17N. The molecule has 0 spiro atoms. The first kappa shape index (κ1) is 10.5. The number of pyridine rings is 1. The Morgan fingerprint density at radius 1 is 1.12 bits per heavy atom. The molecule has 1 aromatic heterocycles. The van der Waals surface area contributed by atoms with Crippen LogP contribution in [0.15, 0.2) is 42.6 Å². The summed E-state index contributed by atoms with van der Waals surface area (Å²) >= 11 is 0. The largest absolute Gasteiger partial charge is 0.256 e. The summed E-state index contributed by atoms with van der Waals surface area (Å²) in [5.41, 5.74) is 5.24. The minimum absolute atomic E-state index is 0.757. The van der Waals surface area contributed by atoms with Crippen molar-refractivity contribution in [3.8, 4) is 11.3 Å². The van der Waals surface area contributed by atoms with Crippen LogP contribution in [0.25, 0.3) is 11.3 Å². The number of aryl methyl sites for hydroxylation is 1. The van der Waals surface area contributed by atoms with E-state index in [0.29, 0.717) is 0 Å². The first-order chi connectivity index (χ1) is 8.34. The standard InChI is InChI=1S/C16H17N/c1-12-8-9-14(13-5-4-6-13)15(11-12)16-7-2-3-10-17-16/h2-3,7-11,13H,4-6H2,1H3. The van der Waals surface area contributed by atoms with Crippen molar-refractivity contribution in [1.82, 2.24) is 4.98 Å². The van der Waals surface area contributed by atoms with Crippen molar-refractivity contribution in [1.29, 1.82) is 0 Å². The van der Waals surface area contributed by atoms with E-state index in [1.54, 1.807) is 0 Å². The molecule has 17 heavy (non-hydrogen) atoms. The Morgan fingerprint density at radius 2 is 2.00 bits per heavy atom.